The van der Waals surface area contributed by atoms with E-state index in [-0.39, 0.29) is 28.9 Å². The number of rotatable bonds is 8. The van der Waals surface area contributed by atoms with Gasteiger partial charge in [0.2, 0.25) is 5.82 Å². The molecule has 0 N–H and O–H groups in total. The Labute approximate surface area is 203 Å². The van der Waals surface area contributed by atoms with Crippen molar-refractivity contribution in [1.29, 1.82) is 0 Å². The highest BCUT2D eigenvalue weighted by atomic mass is 19.2. The molecule has 2 unspecified atom stereocenters. The minimum atomic E-state index is -1.04. The average molecular weight is 487 g/mol. The van der Waals surface area contributed by atoms with Crippen molar-refractivity contribution >= 4 is 0 Å². The van der Waals surface area contributed by atoms with E-state index in [4.69, 9.17) is 9.47 Å². The van der Waals surface area contributed by atoms with Crippen LogP contribution in [0.1, 0.15) is 57.4 Å². The van der Waals surface area contributed by atoms with E-state index in [0.29, 0.717) is 36.3 Å². The molecule has 0 radical (unpaired) electrons. The minimum Gasteiger partial charge on any atom is -0.490 e. The lowest BCUT2D eigenvalue weighted by atomic mass is 9.88. The van der Waals surface area contributed by atoms with Gasteiger partial charge in [0, 0.05) is 17.0 Å². The van der Waals surface area contributed by atoms with Gasteiger partial charge in [-0.3, -0.25) is 0 Å². The van der Waals surface area contributed by atoms with E-state index in [1.54, 1.807) is 36.4 Å². The highest BCUT2D eigenvalue weighted by Crippen LogP contribution is 2.36. The fraction of sp³-hybridized carbons (Fsp3) is 0.379. The van der Waals surface area contributed by atoms with Gasteiger partial charge in [0.1, 0.15) is 0 Å². The van der Waals surface area contributed by atoms with E-state index in [1.165, 1.54) is 12.1 Å². The molecule has 0 bridgehead atoms. The zero-order chi connectivity index (χ0) is 24.9. The van der Waals surface area contributed by atoms with Crippen LogP contribution in [0.5, 0.6) is 5.75 Å². The van der Waals surface area contributed by atoms with Gasteiger partial charge in [0.25, 0.3) is 0 Å². The van der Waals surface area contributed by atoms with Crippen LogP contribution < -0.4 is 4.74 Å². The first-order chi connectivity index (χ1) is 16.9. The molecular formula is C29H30F4O2. The van der Waals surface area contributed by atoms with Crippen molar-refractivity contribution in [2.24, 2.45) is 0 Å². The van der Waals surface area contributed by atoms with Crippen LogP contribution in [-0.4, -0.2) is 19.3 Å². The summed E-state index contributed by atoms with van der Waals surface area (Å²) in [6, 6.07) is 12.3. The van der Waals surface area contributed by atoms with Crippen LogP contribution in [0, 0.1) is 23.3 Å². The predicted octanol–water partition coefficient (Wildman–Crippen LogP) is 8.43. The van der Waals surface area contributed by atoms with Crippen molar-refractivity contribution in [2.75, 3.05) is 13.2 Å². The van der Waals surface area contributed by atoms with Crippen LogP contribution in [0.15, 0.2) is 48.5 Å². The van der Waals surface area contributed by atoms with Crippen LogP contribution in [-0.2, 0) is 4.74 Å². The number of halogens is 4. The summed E-state index contributed by atoms with van der Waals surface area (Å²) in [7, 11) is 0. The Kier molecular flexibility index (Phi) is 8.11. The van der Waals surface area contributed by atoms with E-state index in [0.717, 1.165) is 25.7 Å². The van der Waals surface area contributed by atoms with Gasteiger partial charge in [0.15, 0.2) is 23.2 Å². The van der Waals surface area contributed by atoms with E-state index in [2.05, 4.69) is 6.92 Å². The van der Waals surface area contributed by atoms with Crippen LogP contribution in [0.2, 0.25) is 0 Å². The number of benzene rings is 3. The Morgan fingerprint density at radius 1 is 0.743 bits per heavy atom. The van der Waals surface area contributed by atoms with Gasteiger partial charge in [-0.05, 0) is 54.5 Å². The third-order valence-corrected chi connectivity index (χ3v) is 6.55. The molecule has 0 spiro atoms. The number of hydrogen-bond donors (Lipinski definition) is 0. The smallest absolute Gasteiger partial charge is 0.201 e. The standard InChI is InChI=1S/C29H30F4O2/c1-3-5-21-11-10-20(17-35-21)24-13-12-22(26(30)27(24)31)18-6-8-19(9-7-18)23-14-15-25(34-16-4-2)29(33)28(23)32/h6-9,12-15,20-21H,3-5,10-11,16-17H2,1-2H3. The molecular weight excluding hydrogens is 456 g/mol. The van der Waals surface area contributed by atoms with Crippen molar-refractivity contribution in [2.45, 2.75) is 58.0 Å². The summed E-state index contributed by atoms with van der Waals surface area (Å²) < 4.78 is 70.1. The average Bonchev–Trinajstić information content (AvgIpc) is 2.88. The molecule has 1 aliphatic heterocycles. The van der Waals surface area contributed by atoms with E-state index in [9.17, 15) is 8.78 Å². The SMILES string of the molecule is CCCOc1ccc(-c2ccc(-c3ccc(C4CCC(CCC)OC4)c(F)c3F)cc2)c(F)c1F. The molecule has 4 rings (SSSR count). The summed E-state index contributed by atoms with van der Waals surface area (Å²) in [5.74, 6) is -4.13. The highest BCUT2D eigenvalue weighted by Gasteiger charge is 2.27. The Morgan fingerprint density at radius 3 is 1.94 bits per heavy atom. The van der Waals surface area contributed by atoms with E-state index >= 15 is 8.78 Å². The molecule has 1 heterocycles. The summed E-state index contributed by atoms with van der Waals surface area (Å²) in [5.41, 5.74) is 1.39. The molecule has 1 saturated heterocycles. The van der Waals surface area contributed by atoms with Gasteiger partial charge in [-0.1, -0.05) is 56.7 Å². The van der Waals surface area contributed by atoms with Gasteiger partial charge in [-0.25, -0.2) is 13.2 Å². The minimum absolute atomic E-state index is 0.0681. The summed E-state index contributed by atoms with van der Waals surface area (Å²) in [6.45, 7) is 4.65. The first-order valence-corrected chi connectivity index (χ1v) is 12.3. The molecule has 1 fully saturated rings. The quantitative estimate of drug-likeness (QED) is 0.298. The molecule has 0 amide bonds. The lowest BCUT2D eigenvalue weighted by molar-refractivity contribution is -0.00181. The second-order valence-corrected chi connectivity index (χ2v) is 9.01. The third kappa shape index (κ3) is 5.37. The predicted molar refractivity (Wildman–Crippen MR) is 130 cm³/mol. The maximum absolute atomic E-state index is 15.0. The second kappa shape index (κ2) is 11.3. The molecule has 0 saturated carbocycles. The highest BCUT2D eigenvalue weighted by molar-refractivity contribution is 5.71. The Morgan fingerprint density at radius 2 is 1.37 bits per heavy atom. The summed E-state index contributed by atoms with van der Waals surface area (Å²) >= 11 is 0. The van der Waals surface area contributed by atoms with Crippen molar-refractivity contribution in [3.05, 3.63) is 77.4 Å². The van der Waals surface area contributed by atoms with Crippen molar-refractivity contribution in [3.63, 3.8) is 0 Å². The molecule has 3 aromatic carbocycles. The lowest BCUT2D eigenvalue weighted by Crippen LogP contribution is -2.25. The maximum Gasteiger partial charge on any atom is 0.201 e. The third-order valence-electron chi connectivity index (χ3n) is 6.55. The Hall–Kier alpha value is -2.86. The van der Waals surface area contributed by atoms with E-state index < -0.39 is 23.3 Å². The molecule has 2 atom stereocenters. The first kappa shape index (κ1) is 25.2. The second-order valence-electron chi connectivity index (χ2n) is 9.01. The van der Waals surface area contributed by atoms with Crippen LogP contribution in [0.4, 0.5) is 17.6 Å². The fourth-order valence-electron chi connectivity index (χ4n) is 4.61. The molecule has 6 heteroatoms. The topological polar surface area (TPSA) is 18.5 Å². The summed E-state index contributed by atoms with van der Waals surface area (Å²) in [6.07, 6.45) is 4.49. The van der Waals surface area contributed by atoms with Crippen molar-refractivity contribution in [3.8, 4) is 28.0 Å². The monoisotopic (exact) mass is 486 g/mol. The van der Waals surface area contributed by atoms with E-state index in [1.807, 2.05) is 6.92 Å². The van der Waals surface area contributed by atoms with Crippen LogP contribution in [0.25, 0.3) is 22.3 Å². The number of hydrogen-bond acceptors (Lipinski definition) is 2. The Balaban J connectivity index is 1.54. The van der Waals surface area contributed by atoms with Crippen LogP contribution >= 0.6 is 0 Å². The van der Waals surface area contributed by atoms with Gasteiger partial charge in [-0.2, -0.15) is 4.39 Å². The zero-order valence-corrected chi connectivity index (χ0v) is 20.1. The van der Waals surface area contributed by atoms with Crippen LogP contribution in [0.3, 0.4) is 0 Å². The molecule has 186 valence electrons. The zero-order valence-electron chi connectivity index (χ0n) is 20.1. The van der Waals surface area contributed by atoms with Gasteiger partial charge < -0.3 is 9.47 Å². The molecule has 0 aliphatic carbocycles. The first-order valence-electron chi connectivity index (χ1n) is 12.3. The molecule has 35 heavy (non-hydrogen) atoms. The fourth-order valence-corrected chi connectivity index (χ4v) is 4.61. The molecule has 3 aromatic rings. The maximum atomic E-state index is 15.0. The lowest BCUT2D eigenvalue weighted by Gasteiger charge is -2.29. The summed E-state index contributed by atoms with van der Waals surface area (Å²) in [5, 5.41) is 0. The van der Waals surface area contributed by atoms with Gasteiger partial charge in [0.05, 0.1) is 19.3 Å². The van der Waals surface area contributed by atoms with Gasteiger partial charge in [-0.15, -0.1) is 0 Å². The Bertz CT molecular complexity index is 1150. The normalized spacial score (nSPS) is 18.0. The van der Waals surface area contributed by atoms with Crippen molar-refractivity contribution < 1.29 is 27.0 Å². The van der Waals surface area contributed by atoms with Crippen molar-refractivity contribution in [1.82, 2.24) is 0 Å². The molecule has 1 aliphatic rings. The number of ether oxygens (including phenoxy) is 2. The largest absolute Gasteiger partial charge is 0.490 e. The van der Waals surface area contributed by atoms with Gasteiger partial charge >= 0.3 is 0 Å². The molecule has 2 nitrogen and oxygen atoms in total. The summed E-state index contributed by atoms with van der Waals surface area (Å²) in [4.78, 5) is 0. The molecule has 0 aromatic heterocycles.